The molecule has 11 nitrogen and oxygen atoms in total. The van der Waals surface area contributed by atoms with Gasteiger partial charge in [-0.3, -0.25) is 14.3 Å². The van der Waals surface area contributed by atoms with Crippen LogP contribution < -0.4 is 10.6 Å². The summed E-state index contributed by atoms with van der Waals surface area (Å²) in [7, 11) is 1.42. The van der Waals surface area contributed by atoms with Gasteiger partial charge in [0.05, 0.1) is 11.3 Å². The number of rotatable bonds is 6. The van der Waals surface area contributed by atoms with Crippen molar-refractivity contribution >= 4 is 50.4 Å². The number of pyridine rings is 1. The van der Waals surface area contributed by atoms with Crippen molar-refractivity contribution in [1.29, 1.82) is 0 Å². The fraction of sp³-hybridized carbons (Fsp3) is 0.261. The Hall–Kier alpha value is -3.16. The molecule has 5 rings (SSSR count). The summed E-state index contributed by atoms with van der Waals surface area (Å²) in [5.41, 5.74) is 2.31. The maximum Gasteiger partial charge on any atom is 0.251 e. The van der Waals surface area contributed by atoms with Crippen LogP contribution in [0.1, 0.15) is 11.8 Å². The highest BCUT2D eigenvalue weighted by atomic mass is 79.9. The summed E-state index contributed by atoms with van der Waals surface area (Å²) in [5.74, 6) is 0.196. The lowest BCUT2D eigenvalue weighted by atomic mass is 10.1. The molecule has 0 bridgehead atoms. The number of imidazole rings is 1. The number of anilines is 1. The Morgan fingerprint density at radius 1 is 1.22 bits per heavy atom. The minimum absolute atomic E-state index is 0.312. The molecular weight excluding hydrogens is 554 g/mol. The highest BCUT2D eigenvalue weighted by Crippen LogP contribution is 2.34. The Bertz CT molecular complexity index is 1430. The topological polar surface area (TPSA) is 147 Å². The lowest BCUT2D eigenvalue weighted by molar-refractivity contribution is -0.137. The van der Waals surface area contributed by atoms with Crippen LogP contribution in [-0.4, -0.2) is 66.0 Å². The Kier molecular flexibility index (Phi) is 6.86. The van der Waals surface area contributed by atoms with Crippen LogP contribution in [0.4, 0.5) is 5.82 Å². The van der Waals surface area contributed by atoms with E-state index in [9.17, 15) is 15.0 Å². The average molecular weight is 575 g/mol. The molecule has 0 unspecified atom stereocenters. The second-order valence-electron chi connectivity index (χ2n) is 8.14. The van der Waals surface area contributed by atoms with Gasteiger partial charge >= 0.3 is 0 Å². The van der Waals surface area contributed by atoms with Crippen molar-refractivity contribution in [3.63, 3.8) is 0 Å². The second-order valence-corrected chi connectivity index (χ2v) is 9.49. The third-order valence-corrected chi connectivity index (χ3v) is 6.45. The maximum atomic E-state index is 12.1. The third kappa shape index (κ3) is 4.65. The number of carbonyl (C=O) groups is 1. The molecule has 1 aliphatic rings. The summed E-state index contributed by atoms with van der Waals surface area (Å²) in [5, 5.41) is 27.2. The zero-order chi connectivity index (χ0) is 25.4. The van der Waals surface area contributed by atoms with E-state index in [-0.39, 0.29) is 0 Å². The van der Waals surface area contributed by atoms with Crippen molar-refractivity contribution in [1.82, 2.24) is 29.8 Å². The molecule has 0 saturated carbocycles. The van der Waals surface area contributed by atoms with E-state index < -0.39 is 30.4 Å². The number of amides is 1. The minimum Gasteiger partial charge on any atom is -0.387 e. The molecule has 0 aliphatic carbocycles. The molecule has 0 radical (unpaired) electrons. The van der Waals surface area contributed by atoms with Crippen molar-refractivity contribution in [3.8, 4) is 11.4 Å². The zero-order valence-electron chi connectivity index (χ0n) is 18.8. The van der Waals surface area contributed by atoms with Gasteiger partial charge in [0.1, 0.15) is 12.2 Å². The fourth-order valence-corrected chi connectivity index (χ4v) is 4.59. The number of nitrogens with zero attached hydrogens (tertiary/aromatic N) is 5. The van der Waals surface area contributed by atoms with Crippen molar-refractivity contribution in [3.05, 3.63) is 64.1 Å². The number of benzene rings is 1. The Morgan fingerprint density at radius 2 is 2.06 bits per heavy atom. The Labute approximate surface area is 218 Å². The number of ether oxygens (including phenoxy) is 1. The van der Waals surface area contributed by atoms with Crippen LogP contribution in [0.2, 0.25) is 5.02 Å². The molecule has 186 valence electrons. The quantitative estimate of drug-likeness (QED) is 0.272. The number of halogens is 2. The summed E-state index contributed by atoms with van der Waals surface area (Å²) in [6.07, 6.45) is -0.669. The van der Waals surface area contributed by atoms with Gasteiger partial charge < -0.3 is 25.6 Å². The van der Waals surface area contributed by atoms with E-state index in [1.54, 1.807) is 12.3 Å². The first-order chi connectivity index (χ1) is 17.4. The Balaban J connectivity index is 1.58. The summed E-state index contributed by atoms with van der Waals surface area (Å²) in [6, 6.07) is 9.50. The molecule has 4 aromatic rings. The fourth-order valence-electron chi connectivity index (χ4n) is 3.97. The van der Waals surface area contributed by atoms with Crippen LogP contribution in [0.3, 0.4) is 0 Å². The monoisotopic (exact) mass is 573 g/mol. The van der Waals surface area contributed by atoms with Crippen LogP contribution in [-0.2, 0) is 16.1 Å². The standard InChI is InChI=1S/C23H21BrClN7O4/c1-26-22(35)18-16(33)17(34)23(36-18)32-10-29-15-20(28-7-11-3-2-4-13(24)5-11)30-19(31-21(15)32)12-6-14(25)9-27-8-12/h2-6,8-10,16-18,23,33-34H,7H2,1H3,(H,26,35)(H,28,30,31)/t16-,17+,18-,23+/m0/s1. The van der Waals surface area contributed by atoms with E-state index in [2.05, 4.69) is 46.5 Å². The Morgan fingerprint density at radius 3 is 2.81 bits per heavy atom. The van der Waals surface area contributed by atoms with Gasteiger partial charge in [-0.1, -0.05) is 39.7 Å². The van der Waals surface area contributed by atoms with Crippen LogP contribution in [0.15, 0.2) is 53.5 Å². The highest BCUT2D eigenvalue weighted by molar-refractivity contribution is 9.10. The summed E-state index contributed by atoms with van der Waals surface area (Å²) in [6.45, 7) is 0.450. The number of aliphatic hydroxyl groups is 2. The van der Waals surface area contributed by atoms with Gasteiger partial charge in [0.25, 0.3) is 5.91 Å². The number of aliphatic hydroxyl groups excluding tert-OH is 2. The molecule has 0 spiro atoms. The predicted octanol–water partition coefficient (Wildman–Crippen LogP) is 2.28. The van der Waals surface area contributed by atoms with Crippen LogP contribution in [0.5, 0.6) is 0 Å². The van der Waals surface area contributed by atoms with Crippen molar-refractivity contribution in [2.75, 3.05) is 12.4 Å². The van der Waals surface area contributed by atoms with Crippen LogP contribution in [0, 0.1) is 0 Å². The first-order valence-electron chi connectivity index (χ1n) is 10.9. The summed E-state index contributed by atoms with van der Waals surface area (Å²) >= 11 is 9.62. The molecule has 4 heterocycles. The first-order valence-corrected chi connectivity index (χ1v) is 12.1. The molecule has 1 aliphatic heterocycles. The maximum absolute atomic E-state index is 12.1. The summed E-state index contributed by atoms with van der Waals surface area (Å²) in [4.78, 5) is 30.0. The average Bonchev–Trinajstić information content (AvgIpc) is 3.43. The molecule has 1 saturated heterocycles. The van der Waals surface area contributed by atoms with Crippen molar-refractivity contribution in [2.24, 2.45) is 0 Å². The first kappa shape index (κ1) is 24.5. The van der Waals surface area contributed by atoms with E-state index in [4.69, 9.17) is 16.3 Å². The minimum atomic E-state index is -1.43. The third-order valence-electron chi connectivity index (χ3n) is 5.75. The lowest BCUT2D eigenvalue weighted by Gasteiger charge is -2.17. The van der Waals surface area contributed by atoms with E-state index in [0.29, 0.717) is 39.9 Å². The number of carbonyl (C=O) groups excluding carboxylic acids is 1. The number of nitrogens with one attached hydrogen (secondary N) is 2. The molecule has 1 aromatic carbocycles. The predicted molar refractivity (Wildman–Crippen MR) is 135 cm³/mol. The molecule has 1 amide bonds. The zero-order valence-corrected chi connectivity index (χ0v) is 21.2. The molecule has 13 heteroatoms. The van der Waals surface area contributed by atoms with Gasteiger partial charge in [-0.2, -0.15) is 0 Å². The van der Waals surface area contributed by atoms with Gasteiger partial charge in [-0.25, -0.2) is 15.0 Å². The van der Waals surface area contributed by atoms with Crippen LogP contribution >= 0.6 is 27.5 Å². The number of likely N-dealkylation sites (N-methyl/N-ethyl adjacent to an activating group) is 1. The number of aromatic nitrogens is 5. The molecule has 4 atom stereocenters. The van der Waals surface area contributed by atoms with E-state index in [1.165, 1.54) is 24.1 Å². The largest absolute Gasteiger partial charge is 0.387 e. The normalized spacial score (nSPS) is 21.6. The van der Waals surface area contributed by atoms with Crippen molar-refractivity contribution in [2.45, 2.75) is 31.1 Å². The van der Waals surface area contributed by atoms with Gasteiger partial charge in [0.2, 0.25) is 0 Å². The molecule has 36 heavy (non-hydrogen) atoms. The van der Waals surface area contributed by atoms with E-state index >= 15 is 0 Å². The van der Waals surface area contributed by atoms with Gasteiger partial charge in [0.15, 0.2) is 35.1 Å². The number of hydrogen-bond acceptors (Lipinski definition) is 9. The van der Waals surface area contributed by atoms with Gasteiger partial charge in [-0.15, -0.1) is 0 Å². The van der Waals surface area contributed by atoms with Gasteiger partial charge in [0, 0.05) is 36.0 Å². The molecular formula is C23H21BrClN7O4. The van der Waals surface area contributed by atoms with E-state index in [1.807, 2.05) is 24.3 Å². The SMILES string of the molecule is CNC(=O)[C@H]1O[C@@H](n2cnc3c(NCc4cccc(Br)c4)nc(-c4cncc(Cl)c4)nc32)[C@H](O)[C@@H]1O. The van der Waals surface area contributed by atoms with E-state index in [0.717, 1.165) is 10.0 Å². The smallest absolute Gasteiger partial charge is 0.251 e. The number of hydrogen-bond donors (Lipinski definition) is 4. The number of fused-ring (bicyclic) bond motifs is 1. The summed E-state index contributed by atoms with van der Waals surface area (Å²) < 4.78 is 8.15. The lowest BCUT2D eigenvalue weighted by Crippen LogP contribution is -2.41. The molecule has 4 N–H and O–H groups in total. The second kappa shape index (κ2) is 10.1. The molecule has 3 aromatic heterocycles. The van der Waals surface area contributed by atoms with Crippen LogP contribution in [0.25, 0.3) is 22.6 Å². The van der Waals surface area contributed by atoms with Crippen molar-refractivity contribution < 1.29 is 19.7 Å². The highest BCUT2D eigenvalue weighted by Gasteiger charge is 2.47. The molecule has 1 fully saturated rings. The van der Waals surface area contributed by atoms with Gasteiger partial charge in [-0.05, 0) is 23.8 Å².